The molecule has 3 rings (SSSR count). The molecular weight excluding hydrogens is 349 g/mol. The van der Waals surface area contributed by atoms with Crippen molar-refractivity contribution in [3.8, 4) is 0 Å². The second-order valence-corrected chi connectivity index (χ2v) is 5.62. The van der Waals surface area contributed by atoms with Crippen LogP contribution in [0.5, 0.6) is 0 Å². The van der Waals surface area contributed by atoms with Crippen molar-refractivity contribution in [1.29, 1.82) is 0 Å². The predicted octanol–water partition coefficient (Wildman–Crippen LogP) is 4.55. The van der Waals surface area contributed by atoms with E-state index in [4.69, 9.17) is 5.11 Å². The zero-order chi connectivity index (χ0) is 19.3. The van der Waals surface area contributed by atoms with Crippen LogP contribution in [0.25, 0.3) is 11.0 Å². The Morgan fingerprint density at radius 2 is 2.08 bits per heavy atom. The number of aliphatic imine (C=N–C) groups is 1. The minimum absolute atomic E-state index is 0.0426. The topological polar surface area (TPSA) is 70.7 Å². The summed E-state index contributed by atoms with van der Waals surface area (Å²) in [5, 5.41) is 8.27. The van der Waals surface area contributed by atoms with E-state index in [2.05, 4.69) is 16.6 Å². The summed E-state index contributed by atoms with van der Waals surface area (Å²) in [7, 11) is 1.49. The first-order chi connectivity index (χ1) is 12.3. The van der Waals surface area contributed by atoms with E-state index in [-0.39, 0.29) is 6.04 Å². The van der Waals surface area contributed by atoms with Crippen molar-refractivity contribution in [3.05, 3.63) is 42.9 Å². The van der Waals surface area contributed by atoms with Gasteiger partial charge in [-0.2, -0.15) is 13.2 Å². The largest absolute Gasteiger partial charge is 0.464 e. The van der Waals surface area contributed by atoms with E-state index in [1.165, 1.54) is 11.6 Å². The van der Waals surface area contributed by atoms with Crippen LogP contribution in [0, 0.1) is 0 Å². The van der Waals surface area contributed by atoms with Gasteiger partial charge in [-0.25, -0.2) is 14.7 Å². The first kappa shape index (κ1) is 19.5. The van der Waals surface area contributed by atoms with Crippen molar-refractivity contribution in [2.24, 2.45) is 4.99 Å². The number of imidazole rings is 1. The molecule has 0 bridgehead atoms. The monoisotopic (exact) mass is 368 g/mol. The summed E-state index contributed by atoms with van der Waals surface area (Å²) in [5.74, 6) is -0.761. The van der Waals surface area contributed by atoms with Gasteiger partial charge in [0.1, 0.15) is 0 Å². The number of halogens is 3. The molecule has 1 aliphatic rings. The van der Waals surface area contributed by atoms with E-state index >= 15 is 0 Å². The van der Waals surface area contributed by atoms with Crippen LogP contribution in [0.4, 0.5) is 18.0 Å². The van der Waals surface area contributed by atoms with Crippen LogP contribution in [-0.4, -0.2) is 39.0 Å². The van der Waals surface area contributed by atoms with Crippen molar-refractivity contribution in [1.82, 2.24) is 14.5 Å². The summed E-state index contributed by atoms with van der Waals surface area (Å²) in [4.78, 5) is 18.1. The van der Waals surface area contributed by atoms with Crippen molar-refractivity contribution in [2.45, 2.75) is 31.5 Å². The van der Waals surface area contributed by atoms with Gasteiger partial charge >= 0.3 is 12.3 Å². The summed E-state index contributed by atoms with van der Waals surface area (Å²) in [5.41, 5.74) is 1.01. The van der Waals surface area contributed by atoms with Crippen LogP contribution in [-0.2, 0) is 6.18 Å². The Labute approximate surface area is 148 Å². The van der Waals surface area contributed by atoms with Crippen LogP contribution >= 0.6 is 0 Å². The van der Waals surface area contributed by atoms with Gasteiger partial charge in [0.05, 0.1) is 17.4 Å². The first-order valence-electron chi connectivity index (χ1n) is 7.89. The maximum absolute atomic E-state index is 12.9. The number of carbonyl (C=O) groups is 1. The number of carboxylic acid groups (broad SMARTS) is 1. The number of alkyl halides is 3. The normalized spacial score (nSPS) is 14.6. The third-order valence-electron chi connectivity index (χ3n) is 3.95. The van der Waals surface area contributed by atoms with Gasteiger partial charge in [0.25, 0.3) is 0 Å². The molecule has 1 saturated carbocycles. The minimum Gasteiger partial charge on any atom is -0.464 e. The lowest BCUT2D eigenvalue weighted by Gasteiger charge is -2.29. The quantitative estimate of drug-likeness (QED) is 0.638. The SMILES string of the molecule is C=CN(C=NC)C(=O)O.FC(F)(F)c1nc2ccccc2n1C1CCC1. The third-order valence-corrected chi connectivity index (χ3v) is 3.95. The van der Waals surface area contributed by atoms with Gasteiger partial charge < -0.3 is 9.67 Å². The molecule has 0 spiro atoms. The average molecular weight is 368 g/mol. The molecule has 1 N–H and O–H groups in total. The van der Waals surface area contributed by atoms with Crippen LogP contribution in [0.2, 0.25) is 0 Å². The highest BCUT2D eigenvalue weighted by Gasteiger charge is 2.40. The Morgan fingerprint density at radius 3 is 2.50 bits per heavy atom. The molecule has 140 valence electrons. The van der Waals surface area contributed by atoms with Crippen molar-refractivity contribution < 1.29 is 23.1 Å². The van der Waals surface area contributed by atoms with E-state index in [9.17, 15) is 18.0 Å². The Kier molecular flexibility index (Phi) is 6.01. The molecule has 0 atom stereocenters. The molecule has 9 heteroatoms. The second kappa shape index (κ2) is 8.03. The Hall–Kier alpha value is -2.84. The average Bonchev–Trinajstić information content (AvgIpc) is 2.91. The number of hydrogen-bond donors (Lipinski definition) is 1. The zero-order valence-corrected chi connectivity index (χ0v) is 14.1. The number of benzene rings is 1. The number of fused-ring (bicyclic) bond motifs is 1. The molecule has 1 aromatic carbocycles. The Bertz CT molecular complexity index is 810. The van der Waals surface area contributed by atoms with Gasteiger partial charge in [-0.3, -0.25) is 4.99 Å². The number of amides is 1. The predicted molar refractivity (Wildman–Crippen MR) is 92.1 cm³/mol. The van der Waals surface area contributed by atoms with E-state index < -0.39 is 18.1 Å². The highest BCUT2D eigenvalue weighted by molar-refractivity contribution is 5.82. The summed E-state index contributed by atoms with van der Waals surface area (Å²) >= 11 is 0. The molecule has 0 aliphatic heterocycles. The van der Waals surface area contributed by atoms with E-state index in [1.807, 2.05) is 0 Å². The Morgan fingerprint density at radius 1 is 1.42 bits per heavy atom. The standard InChI is InChI=1S/C12H11F3N2.C5H8N2O2/c13-12(14,15)11-16-9-6-1-2-7-10(9)17(11)8-4-3-5-8;1-3-7(4-6-2)5(8)9/h1-2,6-8H,3-5H2;3-4H,1H2,2H3,(H,8,9). The zero-order valence-electron chi connectivity index (χ0n) is 14.1. The molecule has 26 heavy (non-hydrogen) atoms. The fourth-order valence-corrected chi connectivity index (χ4v) is 2.56. The molecule has 0 radical (unpaired) electrons. The van der Waals surface area contributed by atoms with Gasteiger partial charge in [-0.15, -0.1) is 0 Å². The van der Waals surface area contributed by atoms with Crippen LogP contribution in [0.15, 0.2) is 42.0 Å². The highest BCUT2D eigenvalue weighted by Crippen LogP contribution is 2.40. The fraction of sp³-hybridized carbons (Fsp3) is 0.353. The molecule has 1 aliphatic carbocycles. The van der Waals surface area contributed by atoms with E-state index in [0.29, 0.717) is 11.0 Å². The summed E-state index contributed by atoms with van der Waals surface area (Å²) in [6, 6.07) is 6.74. The lowest BCUT2D eigenvalue weighted by atomic mass is 9.92. The Balaban J connectivity index is 0.000000232. The van der Waals surface area contributed by atoms with Crippen LogP contribution < -0.4 is 0 Å². The maximum Gasteiger partial charge on any atom is 0.449 e. The minimum atomic E-state index is -4.38. The molecule has 0 saturated heterocycles. The smallest absolute Gasteiger partial charge is 0.449 e. The van der Waals surface area contributed by atoms with Gasteiger partial charge in [0, 0.05) is 19.3 Å². The van der Waals surface area contributed by atoms with Crippen LogP contribution in [0.1, 0.15) is 31.1 Å². The number of hydrogen-bond acceptors (Lipinski definition) is 3. The van der Waals surface area contributed by atoms with E-state index in [0.717, 1.165) is 36.7 Å². The number of aromatic nitrogens is 2. The maximum atomic E-state index is 12.9. The molecular formula is C17H19F3N4O2. The van der Waals surface area contributed by atoms with Crippen LogP contribution in [0.3, 0.4) is 0 Å². The summed E-state index contributed by atoms with van der Waals surface area (Å²) < 4.78 is 40.1. The molecule has 1 amide bonds. The van der Waals surface area contributed by atoms with Gasteiger partial charge in [0.2, 0.25) is 5.82 Å². The molecule has 0 unspecified atom stereocenters. The lowest BCUT2D eigenvalue weighted by molar-refractivity contribution is -0.148. The van der Waals surface area contributed by atoms with Gasteiger partial charge in [0.15, 0.2) is 0 Å². The third kappa shape index (κ3) is 4.22. The number of para-hydroxylation sites is 2. The second-order valence-electron chi connectivity index (χ2n) is 5.62. The van der Waals surface area contributed by atoms with Crippen molar-refractivity contribution in [2.75, 3.05) is 7.05 Å². The highest BCUT2D eigenvalue weighted by atomic mass is 19.4. The van der Waals surface area contributed by atoms with Gasteiger partial charge in [-0.1, -0.05) is 18.7 Å². The van der Waals surface area contributed by atoms with Gasteiger partial charge in [-0.05, 0) is 31.4 Å². The fourth-order valence-electron chi connectivity index (χ4n) is 2.56. The van der Waals surface area contributed by atoms with E-state index in [1.54, 1.807) is 24.3 Å². The van der Waals surface area contributed by atoms with Crippen molar-refractivity contribution >= 4 is 23.5 Å². The molecule has 1 aromatic heterocycles. The summed E-state index contributed by atoms with van der Waals surface area (Å²) in [6.45, 7) is 3.25. The summed E-state index contributed by atoms with van der Waals surface area (Å²) in [6.07, 6.45) is -0.531. The number of nitrogens with zero attached hydrogens (tertiary/aromatic N) is 4. The molecule has 1 heterocycles. The molecule has 2 aromatic rings. The lowest BCUT2D eigenvalue weighted by Crippen LogP contribution is -2.23. The first-order valence-corrected chi connectivity index (χ1v) is 7.89. The molecule has 1 fully saturated rings. The van der Waals surface area contributed by atoms with Crippen molar-refractivity contribution in [3.63, 3.8) is 0 Å². The number of rotatable bonds is 3. The molecule has 6 nitrogen and oxygen atoms in total.